The van der Waals surface area contributed by atoms with Gasteiger partial charge in [-0.1, -0.05) is 24.3 Å². The number of imidazole rings is 1. The van der Waals surface area contributed by atoms with E-state index in [1.807, 2.05) is 71.1 Å². The van der Waals surface area contributed by atoms with Gasteiger partial charge in [0.05, 0.1) is 25.3 Å². The minimum atomic E-state index is -0.0546. The van der Waals surface area contributed by atoms with Crippen molar-refractivity contribution in [3.63, 3.8) is 0 Å². The number of nitrogens with zero attached hydrogens (tertiary/aromatic N) is 3. The molecule has 0 aliphatic rings. The fourth-order valence-corrected chi connectivity index (χ4v) is 5.17. The summed E-state index contributed by atoms with van der Waals surface area (Å²) in [5, 5.41) is 1.22. The Labute approximate surface area is 186 Å². The Bertz CT molecular complexity index is 1740. The van der Waals surface area contributed by atoms with E-state index in [0.29, 0.717) is 38.6 Å². The largest absolute Gasteiger partial charge is 0.493 e. The average Bonchev–Trinajstić information content (AvgIpc) is 3.22. The molecule has 6 nitrogen and oxygen atoms in total. The van der Waals surface area contributed by atoms with Crippen LogP contribution in [-0.4, -0.2) is 28.6 Å². The minimum absolute atomic E-state index is 0.0546. The molecule has 0 unspecified atom stereocenters. The molecule has 7 heteroatoms. The highest BCUT2D eigenvalue weighted by Gasteiger charge is 2.20. The van der Waals surface area contributed by atoms with Crippen molar-refractivity contribution in [2.45, 2.75) is 0 Å². The molecule has 0 saturated heterocycles. The molecule has 0 fully saturated rings. The van der Waals surface area contributed by atoms with Crippen molar-refractivity contribution >= 4 is 48.3 Å². The number of methoxy groups -OCH3 is 2. The molecule has 3 aromatic carbocycles. The maximum absolute atomic E-state index is 13.5. The fourth-order valence-electron chi connectivity index (χ4n) is 4.13. The second kappa shape index (κ2) is 7.03. The van der Waals surface area contributed by atoms with Crippen molar-refractivity contribution in [2.24, 2.45) is 0 Å². The highest BCUT2D eigenvalue weighted by Crippen LogP contribution is 2.35. The van der Waals surface area contributed by atoms with E-state index in [1.165, 1.54) is 11.3 Å². The molecule has 0 N–H and O–H groups in total. The summed E-state index contributed by atoms with van der Waals surface area (Å²) in [6.07, 6.45) is 0. The van der Waals surface area contributed by atoms with Crippen LogP contribution in [0.5, 0.6) is 11.5 Å². The first kappa shape index (κ1) is 18.8. The van der Waals surface area contributed by atoms with Crippen LogP contribution in [0.1, 0.15) is 0 Å². The van der Waals surface area contributed by atoms with Crippen molar-refractivity contribution < 1.29 is 9.47 Å². The Hall–Kier alpha value is -3.97. The predicted molar refractivity (Wildman–Crippen MR) is 128 cm³/mol. The molecular formula is C25H17N3O3S. The number of hydrogen-bond acceptors (Lipinski definition) is 6. The fraction of sp³-hybridized carbons (Fsp3) is 0.0800. The molecule has 0 spiro atoms. The maximum Gasteiger partial charge on any atom is 0.201 e. The number of aromatic nitrogens is 3. The van der Waals surface area contributed by atoms with Gasteiger partial charge in [-0.2, -0.15) is 0 Å². The Morgan fingerprint density at radius 2 is 1.66 bits per heavy atom. The zero-order valence-corrected chi connectivity index (χ0v) is 18.1. The number of para-hydroxylation sites is 2. The van der Waals surface area contributed by atoms with Gasteiger partial charge in [0.2, 0.25) is 5.43 Å². The normalized spacial score (nSPS) is 11.6. The standard InChI is InChI=1S/C25H17N3O3S/c1-30-18-12-11-14(13-19(18)31-2)23-27-25-21(22(29)15-7-3-6-10-20(15)32-25)24-26-16-8-4-5-9-17(16)28(23)24/h3-13H,1-2H3. The van der Waals surface area contributed by atoms with Gasteiger partial charge in [0.25, 0.3) is 0 Å². The third kappa shape index (κ3) is 2.61. The maximum atomic E-state index is 13.5. The van der Waals surface area contributed by atoms with Crippen LogP contribution in [0.4, 0.5) is 0 Å². The molecule has 0 amide bonds. The molecule has 0 saturated carbocycles. The van der Waals surface area contributed by atoms with Gasteiger partial charge in [-0.15, -0.1) is 11.3 Å². The van der Waals surface area contributed by atoms with Gasteiger partial charge in [0.15, 0.2) is 17.1 Å². The summed E-state index contributed by atoms with van der Waals surface area (Å²) in [5.41, 5.74) is 3.08. The van der Waals surface area contributed by atoms with E-state index in [4.69, 9.17) is 19.4 Å². The number of benzene rings is 3. The Kier molecular flexibility index (Phi) is 4.13. The average molecular weight is 439 g/mol. The van der Waals surface area contributed by atoms with Crippen LogP contribution in [0.3, 0.4) is 0 Å². The van der Waals surface area contributed by atoms with Crippen molar-refractivity contribution in [1.29, 1.82) is 0 Å². The summed E-state index contributed by atoms with van der Waals surface area (Å²) in [6.45, 7) is 0. The van der Waals surface area contributed by atoms with Gasteiger partial charge in [0.1, 0.15) is 16.0 Å². The van der Waals surface area contributed by atoms with Gasteiger partial charge >= 0.3 is 0 Å². The summed E-state index contributed by atoms with van der Waals surface area (Å²) in [5.74, 6) is 1.93. The Morgan fingerprint density at radius 1 is 0.875 bits per heavy atom. The second-order valence-electron chi connectivity index (χ2n) is 7.37. The molecular weight excluding hydrogens is 422 g/mol. The van der Waals surface area contributed by atoms with E-state index in [2.05, 4.69) is 0 Å². The summed E-state index contributed by atoms with van der Waals surface area (Å²) >= 11 is 1.50. The lowest BCUT2D eigenvalue weighted by Gasteiger charge is -2.12. The van der Waals surface area contributed by atoms with E-state index in [0.717, 1.165) is 21.3 Å². The van der Waals surface area contributed by atoms with Gasteiger partial charge in [-0.25, -0.2) is 9.97 Å². The van der Waals surface area contributed by atoms with Crippen LogP contribution < -0.4 is 14.9 Å². The molecule has 0 aliphatic carbocycles. The van der Waals surface area contributed by atoms with Gasteiger partial charge in [0, 0.05) is 15.6 Å². The monoisotopic (exact) mass is 439 g/mol. The predicted octanol–water partition coefficient (Wildman–Crippen LogP) is 5.29. The Morgan fingerprint density at radius 3 is 2.50 bits per heavy atom. The first-order valence-electron chi connectivity index (χ1n) is 10.0. The van der Waals surface area contributed by atoms with Gasteiger partial charge in [-0.3, -0.25) is 9.20 Å². The summed E-state index contributed by atoms with van der Waals surface area (Å²) < 4.78 is 13.8. The molecule has 3 heterocycles. The zero-order chi connectivity index (χ0) is 21.8. The molecule has 156 valence electrons. The number of ether oxygens (including phenoxy) is 2. The van der Waals surface area contributed by atoms with Crippen molar-refractivity contribution in [2.75, 3.05) is 14.2 Å². The van der Waals surface area contributed by atoms with E-state index in [1.54, 1.807) is 14.2 Å². The molecule has 0 radical (unpaired) electrons. The highest BCUT2D eigenvalue weighted by atomic mass is 32.1. The third-order valence-corrected chi connectivity index (χ3v) is 6.69. The lowest BCUT2D eigenvalue weighted by atomic mass is 10.1. The van der Waals surface area contributed by atoms with Gasteiger partial charge < -0.3 is 9.47 Å². The molecule has 6 aromatic rings. The molecule has 0 bridgehead atoms. The summed E-state index contributed by atoms with van der Waals surface area (Å²) in [6, 6.07) is 21.1. The second-order valence-corrected chi connectivity index (χ2v) is 8.40. The molecule has 32 heavy (non-hydrogen) atoms. The van der Waals surface area contributed by atoms with E-state index in [9.17, 15) is 4.79 Å². The Balaban J connectivity index is 1.82. The minimum Gasteiger partial charge on any atom is -0.493 e. The lowest BCUT2D eigenvalue weighted by molar-refractivity contribution is 0.355. The van der Waals surface area contributed by atoms with E-state index in [-0.39, 0.29) is 5.43 Å². The van der Waals surface area contributed by atoms with E-state index >= 15 is 0 Å². The van der Waals surface area contributed by atoms with Crippen LogP contribution in [0.15, 0.2) is 71.5 Å². The molecule has 3 aromatic heterocycles. The van der Waals surface area contributed by atoms with Crippen molar-refractivity contribution in [1.82, 2.24) is 14.4 Å². The summed E-state index contributed by atoms with van der Waals surface area (Å²) in [4.78, 5) is 24.0. The van der Waals surface area contributed by atoms with Crippen LogP contribution in [0.25, 0.3) is 48.4 Å². The lowest BCUT2D eigenvalue weighted by Crippen LogP contribution is -2.07. The molecule has 0 aliphatic heterocycles. The van der Waals surface area contributed by atoms with E-state index < -0.39 is 0 Å². The van der Waals surface area contributed by atoms with Crippen LogP contribution >= 0.6 is 11.3 Å². The first-order chi connectivity index (χ1) is 15.7. The number of rotatable bonds is 3. The quantitative estimate of drug-likeness (QED) is 0.350. The van der Waals surface area contributed by atoms with Crippen LogP contribution in [-0.2, 0) is 0 Å². The first-order valence-corrected chi connectivity index (χ1v) is 10.9. The SMILES string of the molecule is COc1ccc(-c2nc3sc4ccccc4c(=O)c3c3nc4ccccc4n23)cc1OC. The molecule has 0 atom stereocenters. The smallest absolute Gasteiger partial charge is 0.201 e. The topological polar surface area (TPSA) is 65.7 Å². The van der Waals surface area contributed by atoms with Crippen molar-refractivity contribution in [3.05, 3.63) is 77.0 Å². The van der Waals surface area contributed by atoms with Crippen molar-refractivity contribution in [3.8, 4) is 22.9 Å². The zero-order valence-electron chi connectivity index (χ0n) is 17.3. The van der Waals surface area contributed by atoms with Crippen LogP contribution in [0, 0.1) is 0 Å². The number of hydrogen-bond donors (Lipinski definition) is 0. The summed E-state index contributed by atoms with van der Waals surface area (Å²) in [7, 11) is 3.21. The van der Waals surface area contributed by atoms with Crippen LogP contribution in [0.2, 0.25) is 0 Å². The molecule has 6 rings (SSSR count). The third-order valence-electron chi connectivity index (χ3n) is 5.62. The number of fused-ring (bicyclic) bond motifs is 6. The van der Waals surface area contributed by atoms with Gasteiger partial charge in [-0.05, 0) is 42.5 Å². The highest BCUT2D eigenvalue weighted by molar-refractivity contribution is 7.24.